The lowest BCUT2D eigenvalue weighted by Crippen LogP contribution is -2.53. The van der Waals surface area contributed by atoms with Gasteiger partial charge >= 0.3 is 0 Å². The van der Waals surface area contributed by atoms with Gasteiger partial charge in [-0.1, -0.05) is 44.2 Å². The Morgan fingerprint density at radius 3 is 2.25 bits per heavy atom. The Labute approximate surface area is 74.6 Å². The maximum atomic E-state index is 4.15. The molecule has 3 N–H and O–H groups in total. The molecule has 1 aromatic carbocycles. The molecule has 0 aromatic heterocycles. The molecule has 66 valence electrons. The van der Waals surface area contributed by atoms with Gasteiger partial charge < -0.3 is 5.73 Å². The van der Waals surface area contributed by atoms with Crippen LogP contribution in [-0.4, -0.2) is 0 Å². The Morgan fingerprint density at radius 2 is 1.75 bits per heavy atom. The summed E-state index contributed by atoms with van der Waals surface area (Å²) in [5, 5.41) is 0. The summed E-state index contributed by atoms with van der Waals surface area (Å²) in [6, 6.07) is 11.0. The number of benzene rings is 1. The third-order valence-corrected chi connectivity index (χ3v) is 2.03. The van der Waals surface area contributed by atoms with Crippen LogP contribution in [0.3, 0.4) is 0 Å². The summed E-state index contributed by atoms with van der Waals surface area (Å²) < 4.78 is 0. The summed E-state index contributed by atoms with van der Waals surface area (Å²) in [6.07, 6.45) is 1.17. The Bertz CT molecular complexity index is 216. The molecular weight excluding hydrogens is 146 g/mol. The molecule has 12 heavy (non-hydrogen) atoms. The molecule has 0 aliphatic rings. The summed E-state index contributed by atoms with van der Waals surface area (Å²) >= 11 is 0. The first-order chi connectivity index (χ1) is 5.70. The van der Waals surface area contributed by atoms with Crippen LogP contribution in [0.2, 0.25) is 0 Å². The van der Waals surface area contributed by atoms with Gasteiger partial charge in [0.2, 0.25) is 0 Å². The van der Waals surface area contributed by atoms with Crippen LogP contribution < -0.4 is 5.73 Å². The molecule has 0 radical (unpaired) electrons. The lowest BCUT2D eigenvalue weighted by Gasteiger charge is -2.10. The van der Waals surface area contributed by atoms with E-state index in [9.17, 15) is 0 Å². The summed E-state index contributed by atoms with van der Waals surface area (Å²) in [4.78, 5) is 0. The molecule has 0 fully saturated rings. The zero-order chi connectivity index (χ0) is 8.97. The normalized spacial score (nSPS) is 13.3. The van der Waals surface area contributed by atoms with Crippen LogP contribution in [0.25, 0.3) is 0 Å². The van der Waals surface area contributed by atoms with Crippen molar-refractivity contribution in [1.82, 2.24) is 0 Å². The highest BCUT2D eigenvalue weighted by Crippen LogP contribution is 2.15. The van der Waals surface area contributed by atoms with Gasteiger partial charge in [-0.3, -0.25) is 0 Å². The van der Waals surface area contributed by atoms with Crippen molar-refractivity contribution in [3.8, 4) is 0 Å². The van der Waals surface area contributed by atoms with Gasteiger partial charge in [0.05, 0.1) is 0 Å². The van der Waals surface area contributed by atoms with Crippen LogP contribution in [0.4, 0.5) is 0 Å². The minimum atomic E-state index is 0.450. The third kappa shape index (κ3) is 2.67. The molecule has 0 unspecified atom stereocenters. The molecule has 0 saturated heterocycles. The molecule has 1 nitrogen and oxygen atoms in total. The van der Waals surface area contributed by atoms with Gasteiger partial charge in [0.25, 0.3) is 0 Å². The fourth-order valence-electron chi connectivity index (χ4n) is 1.43. The molecule has 1 atom stereocenters. The van der Waals surface area contributed by atoms with Crippen molar-refractivity contribution in [3.05, 3.63) is 35.9 Å². The third-order valence-electron chi connectivity index (χ3n) is 2.03. The van der Waals surface area contributed by atoms with E-state index in [1.165, 1.54) is 12.0 Å². The van der Waals surface area contributed by atoms with E-state index in [4.69, 9.17) is 0 Å². The van der Waals surface area contributed by atoms with Crippen LogP contribution in [0.5, 0.6) is 0 Å². The molecule has 1 heteroatoms. The maximum absolute atomic E-state index is 4.15. The van der Waals surface area contributed by atoms with Crippen LogP contribution in [-0.2, 0) is 0 Å². The van der Waals surface area contributed by atoms with E-state index in [2.05, 4.69) is 43.8 Å². The highest BCUT2D eigenvalue weighted by Gasteiger charge is 2.10. The summed E-state index contributed by atoms with van der Waals surface area (Å²) in [7, 11) is 0. The average molecular weight is 164 g/mol. The zero-order valence-corrected chi connectivity index (χ0v) is 7.96. The predicted molar refractivity (Wildman–Crippen MR) is 51.5 cm³/mol. The van der Waals surface area contributed by atoms with Crippen molar-refractivity contribution in [2.75, 3.05) is 0 Å². The standard InChI is InChI=1S/C11H17N/c1-9(2)8-11(12)10-6-4-3-5-7-10/h3-7,9,11H,8,12H2,1-2H3/p+1/t11-/m0/s1. The number of hydrogen-bond acceptors (Lipinski definition) is 0. The summed E-state index contributed by atoms with van der Waals surface area (Å²) in [6.45, 7) is 4.47. The Balaban J connectivity index is 2.59. The van der Waals surface area contributed by atoms with E-state index in [-0.39, 0.29) is 0 Å². The van der Waals surface area contributed by atoms with E-state index in [0.717, 1.165) is 5.92 Å². The first-order valence-electron chi connectivity index (χ1n) is 4.58. The van der Waals surface area contributed by atoms with Crippen LogP contribution in [0.1, 0.15) is 31.9 Å². The van der Waals surface area contributed by atoms with E-state index in [0.29, 0.717) is 6.04 Å². The first-order valence-corrected chi connectivity index (χ1v) is 4.58. The fourth-order valence-corrected chi connectivity index (χ4v) is 1.43. The van der Waals surface area contributed by atoms with E-state index >= 15 is 0 Å². The van der Waals surface area contributed by atoms with Crippen LogP contribution in [0.15, 0.2) is 30.3 Å². The lowest BCUT2D eigenvalue weighted by atomic mass is 9.98. The van der Waals surface area contributed by atoms with Crippen molar-refractivity contribution >= 4 is 0 Å². The van der Waals surface area contributed by atoms with Gasteiger partial charge in [0.1, 0.15) is 6.04 Å². The highest BCUT2D eigenvalue weighted by molar-refractivity contribution is 5.16. The topological polar surface area (TPSA) is 27.6 Å². The molecule has 0 aliphatic carbocycles. The molecule has 1 aromatic rings. The second-order valence-electron chi connectivity index (χ2n) is 3.74. The number of hydrogen-bond donors (Lipinski definition) is 1. The van der Waals surface area contributed by atoms with Gasteiger partial charge in [0.15, 0.2) is 0 Å². The van der Waals surface area contributed by atoms with Crippen molar-refractivity contribution < 1.29 is 5.73 Å². The van der Waals surface area contributed by atoms with Gasteiger partial charge in [0, 0.05) is 12.0 Å². The molecule has 1 rings (SSSR count). The van der Waals surface area contributed by atoms with Crippen molar-refractivity contribution in [2.45, 2.75) is 26.3 Å². The number of rotatable bonds is 3. The van der Waals surface area contributed by atoms with Gasteiger partial charge in [-0.05, 0) is 5.92 Å². The first kappa shape index (κ1) is 9.27. The smallest absolute Gasteiger partial charge is 0.110 e. The Morgan fingerprint density at radius 1 is 1.17 bits per heavy atom. The molecule has 0 saturated carbocycles. The Hall–Kier alpha value is -0.820. The Kier molecular flexibility index (Phi) is 3.30. The van der Waals surface area contributed by atoms with Crippen molar-refractivity contribution in [2.24, 2.45) is 5.92 Å². The van der Waals surface area contributed by atoms with Crippen molar-refractivity contribution in [3.63, 3.8) is 0 Å². The monoisotopic (exact) mass is 164 g/mol. The average Bonchev–Trinajstić information content (AvgIpc) is 2.05. The van der Waals surface area contributed by atoms with Gasteiger partial charge in [-0.2, -0.15) is 0 Å². The number of quaternary nitrogens is 1. The predicted octanol–water partition coefficient (Wildman–Crippen LogP) is 2.02. The molecule has 0 heterocycles. The molecule has 0 bridgehead atoms. The van der Waals surface area contributed by atoms with Crippen LogP contribution >= 0.6 is 0 Å². The summed E-state index contributed by atoms with van der Waals surface area (Å²) in [5.74, 6) is 0.729. The zero-order valence-electron chi connectivity index (χ0n) is 7.96. The van der Waals surface area contributed by atoms with E-state index in [1.54, 1.807) is 0 Å². The van der Waals surface area contributed by atoms with E-state index in [1.807, 2.05) is 6.07 Å². The molecule has 0 aliphatic heterocycles. The highest BCUT2D eigenvalue weighted by atomic mass is 14.6. The lowest BCUT2D eigenvalue weighted by molar-refractivity contribution is -0.429. The second-order valence-corrected chi connectivity index (χ2v) is 3.74. The fraction of sp³-hybridized carbons (Fsp3) is 0.455. The second kappa shape index (κ2) is 4.27. The van der Waals surface area contributed by atoms with Crippen LogP contribution in [0, 0.1) is 5.92 Å². The molecular formula is C11H18N+. The minimum Gasteiger partial charge on any atom is -0.351 e. The quantitative estimate of drug-likeness (QED) is 0.708. The van der Waals surface area contributed by atoms with Gasteiger partial charge in [-0.25, -0.2) is 0 Å². The molecule has 0 amide bonds. The summed E-state index contributed by atoms with van der Waals surface area (Å²) in [5.41, 5.74) is 5.50. The van der Waals surface area contributed by atoms with E-state index < -0.39 is 0 Å². The minimum absolute atomic E-state index is 0.450. The molecule has 0 spiro atoms. The van der Waals surface area contributed by atoms with Crippen molar-refractivity contribution in [1.29, 1.82) is 0 Å². The SMILES string of the molecule is CC(C)C[C@H]([NH3+])c1ccccc1. The van der Waals surface area contributed by atoms with Gasteiger partial charge in [-0.15, -0.1) is 0 Å². The maximum Gasteiger partial charge on any atom is 0.110 e. The largest absolute Gasteiger partial charge is 0.351 e.